The van der Waals surface area contributed by atoms with E-state index >= 15 is 0 Å². The second kappa shape index (κ2) is 4.95. The minimum Gasteiger partial charge on any atom is -0.394 e. The first-order valence-electron chi connectivity index (χ1n) is 5.13. The quantitative estimate of drug-likeness (QED) is 0.684. The molecule has 6 heteroatoms. The predicted octanol–water partition coefficient (Wildman–Crippen LogP) is -0.520. The van der Waals surface area contributed by atoms with E-state index in [2.05, 4.69) is 0 Å². The number of ether oxygens (including phenoxy) is 4. The Morgan fingerprint density at radius 2 is 1.88 bits per heavy atom. The van der Waals surface area contributed by atoms with E-state index in [4.69, 9.17) is 24.1 Å². The molecule has 16 heavy (non-hydrogen) atoms. The van der Waals surface area contributed by atoms with Crippen molar-refractivity contribution < 1.29 is 29.2 Å². The topological polar surface area (TPSA) is 77.4 Å². The number of hydrogen-bond acceptors (Lipinski definition) is 6. The van der Waals surface area contributed by atoms with Crippen molar-refractivity contribution in [2.45, 2.75) is 37.6 Å². The van der Waals surface area contributed by atoms with Crippen molar-refractivity contribution in [2.75, 3.05) is 27.4 Å². The molecule has 1 fully saturated rings. The maximum atomic E-state index is 9.50. The third-order valence-corrected chi connectivity index (χ3v) is 3.12. The molecule has 2 N–H and O–H groups in total. The van der Waals surface area contributed by atoms with Gasteiger partial charge in [0, 0.05) is 14.2 Å². The molecule has 0 amide bonds. The number of aliphatic hydroxyl groups is 2. The minimum atomic E-state index is -1.14. The van der Waals surface area contributed by atoms with E-state index < -0.39 is 30.4 Å². The summed E-state index contributed by atoms with van der Waals surface area (Å²) >= 11 is 0. The molecule has 1 aliphatic rings. The molecule has 1 unspecified atom stereocenters. The van der Waals surface area contributed by atoms with Gasteiger partial charge in [-0.1, -0.05) is 0 Å². The number of hydrogen-bond donors (Lipinski definition) is 2. The molecular weight excluding hydrogens is 216 g/mol. The van der Waals surface area contributed by atoms with Gasteiger partial charge in [-0.05, 0) is 13.8 Å². The second-order valence-electron chi connectivity index (χ2n) is 4.02. The molecule has 0 aromatic heterocycles. The molecular formula is C10H20O6. The molecule has 0 aromatic rings. The molecule has 1 heterocycles. The van der Waals surface area contributed by atoms with E-state index in [0.717, 1.165) is 0 Å². The van der Waals surface area contributed by atoms with Crippen LogP contribution in [-0.4, -0.2) is 61.4 Å². The van der Waals surface area contributed by atoms with Crippen LogP contribution in [0.15, 0.2) is 0 Å². The van der Waals surface area contributed by atoms with Crippen LogP contribution in [0.1, 0.15) is 13.8 Å². The highest BCUT2D eigenvalue weighted by Crippen LogP contribution is 2.36. The SMILES string of the molecule is COC1(C)OC[C@H]([C@H](O)CO)O[C@@]1(C)OC. The lowest BCUT2D eigenvalue weighted by atomic mass is 10.1. The number of aliphatic hydroxyl groups excluding tert-OH is 2. The van der Waals surface area contributed by atoms with Crippen molar-refractivity contribution in [1.82, 2.24) is 0 Å². The van der Waals surface area contributed by atoms with Gasteiger partial charge in [0.25, 0.3) is 0 Å². The summed E-state index contributed by atoms with van der Waals surface area (Å²) in [6.45, 7) is 3.09. The monoisotopic (exact) mass is 236 g/mol. The van der Waals surface area contributed by atoms with Crippen LogP contribution in [0.4, 0.5) is 0 Å². The fraction of sp³-hybridized carbons (Fsp3) is 1.00. The molecule has 1 saturated heterocycles. The van der Waals surface area contributed by atoms with Gasteiger partial charge in [0.15, 0.2) is 0 Å². The molecule has 0 aromatic carbocycles. The van der Waals surface area contributed by atoms with Gasteiger partial charge >= 0.3 is 0 Å². The maximum Gasteiger partial charge on any atom is 0.220 e. The van der Waals surface area contributed by atoms with Crippen LogP contribution < -0.4 is 0 Å². The third-order valence-electron chi connectivity index (χ3n) is 3.12. The van der Waals surface area contributed by atoms with E-state index in [9.17, 15) is 5.11 Å². The Balaban J connectivity index is 2.81. The summed E-state index contributed by atoms with van der Waals surface area (Å²) in [5.74, 6) is -2.19. The maximum absolute atomic E-state index is 9.50. The summed E-state index contributed by atoms with van der Waals surface area (Å²) in [6.07, 6.45) is -1.64. The zero-order valence-corrected chi connectivity index (χ0v) is 10.1. The molecule has 1 aliphatic heterocycles. The molecule has 4 atom stereocenters. The van der Waals surface area contributed by atoms with Gasteiger partial charge in [0.05, 0.1) is 13.2 Å². The Labute approximate surface area is 95.1 Å². The van der Waals surface area contributed by atoms with Gasteiger partial charge in [-0.25, -0.2) is 0 Å². The largest absolute Gasteiger partial charge is 0.394 e. The standard InChI is InChI=1S/C10H20O6/c1-9(13-3)10(2,14-4)16-8(6-15-9)7(12)5-11/h7-8,11-12H,5-6H2,1-4H3/t7-,8-,9?,10-/m1/s1. The van der Waals surface area contributed by atoms with E-state index in [-0.39, 0.29) is 6.61 Å². The average Bonchev–Trinajstić information content (AvgIpc) is 2.31. The van der Waals surface area contributed by atoms with Crippen molar-refractivity contribution in [3.8, 4) is 0 Å². The van der Waals surface area contributed by atoms with Crippen LogP contribution in [0, 0.1) is 0 Å². The van der Waals surface area contributed by atoms with Crippen LogP contribution >= 0.6 is 0 Å². The lowest BCUT2D eigenvalue weighted by molar-refractivity contribution is -0.437. The van der Waals surface area contributed by atoms with Crippen LogP contribution in [0.3, 0.4) is 0 Å². The molecule has 0 saturated carbocycles. The van der Waals surface area contributed by atoms with Crippen molar-refractivity contribution >= 4 is 0 Å². The Kier molecular flexibility index (Phi) is 4.28. The lowest BCUT2D eigenvalue weighted by Gasteiger charge is -2.49. The normalized spacial score (nSPS) is 42.0. The van der Waals surface area contributed by atoms with E-state index in [1.807, 2.05) is 0 Å². The first-order valence-corrected chi connectivity index (χ1v) is 5.13. The van der Waals surface area contributed by atoms with E-state index in [1.165, 1.54) is 14.2 Å². The van der Waals surface area contributed by atoms with E-state index in [0.29, 0.717) is 0 Å². The molecule has 0 radical (unpaired) electrons. The third kappa shape index (κ3) is 2.22. The van der Waals surface area contributed by atoms with Crippen LogP contribution in [0.5, 0.6) is 0 Å². The smallest absolute Gasteiger partial charge is 0.220 e. The lowest BCUT2D eigenvalue weighted by Crippen LogP contribution is -2.64. The van der Waals surface area contributed by atoms with Crippen LogP contribution in [-0.2, 0) is 18.9 Å². The van der Waals surface area contributed by atoms with Gasteiger partial charge < -0.3 is 29.2 Å². The van der Waals surface area contributed by atoms with Gasteiger partial charge in [0.1, 0.15) is 12.2 Å². The minimum absolute atomic E-state index is 0.130. The molecule has 6 nitrogen and oxygen atoms in total. The van der Waals surface area contributed by atoms with Gasteiger partial charge in [-0.3, -0.25) is 0 Å². The van der Waals surface area contributed by atoms with Gasteiger partial charge in [-0.15, -0.1) is 0 Å². The summed E-state index contributed by atoms with van der Waals surface area (Å²) in [7, 11) is 2.96. The predicted molar refractivity (Wildman–Crippen MR) is 54.7 cm³/mol. The number of rotatable bonds is 4. The van der Waals surface area contributed by atoms with E-state index in [1.54, 1.807) is 13.8 Å². The molecule has 96 valence electrons. The second-order valence-corrected chi connectivity index (χ2v) is 4.02. The fourth-order valence-electron chi connectivity index (χ4n) is 1.59. The Morgan fingerprint density at radius 3 is 2.31 bits per heavy atom. The van der Waals surface area contributed by atoms with Crippen molar-refractivity contribution in [2.24, 2.45) is 0 Å². The highest BCUT2D eigenvalue weighted by Gasteiger charge is 2.54. The summed E-state index contributed by atoms with van der Waals surface area (Å²) in [5.41, 5.74) is 0. The number of methoxy groups -OCH3 is 2. The summed E-state index contributed by atoms with van der Waals surface area (Å²) in [6, 6.07) is 0. The first kappa shape index (κ1) is 13.8. The zero-order valence-electron chi connectivity index (χ0n) is 10.1. The average molecular weight is 236 g/mol. The summed E-state index contributed by atoms with van der Waals surface area (Å²) in [4.78, 5) is 0. The van der Waals surface area contributed by atoms with Crippen LogP contribution in [0.2, 0.25) is 0 Å². The van der Waals surface area contributed by atoms with Crippen molar-refractivity contribution in [3.63, 3.8) is 0 Å². The summed E-state index contributed by atoms with van der Waals surface area (Å²) in [5, 5.41) is 18.4. The van der Waals surface area contributed by atoms with Crippen molar-refractivity contribution in [3.05, 3.63) is 0 Å². The zero-order chi connectivity index (χ0) is 12.4. The molecule has 1 rings (SSSR count). The first-order chi connectivity index (χ1) is 7.42. The molecule has 0 aliphatic carbocycles. The Morgan fingerprint density at radius 1 is 1.31 bits per heavy atom. The fourth-order valence-corrected chi connectivity index (χ4v) is 1.59. The molecule has 0 spiro atoms. The highest BCUT2D eigenvalue weighted by atomic mass is 16.8. The van der Waals surface area contributed by atoms with Crippen LogP contribution in [0.25, 0.3) is 0 Å². The van der Waals surface area contributed by atoms with Gasteiger partial charge in [-0.2, -0.15) is 0 Å². The Hall–Kier alpha value is -0.240. The molecule has 0 bridgehead atoms. The van der Waals surface area contributed by atoms with Gasteiger partial charge in [0.2, 0.25) is 11.6 Å². The summed E-state index contributed by atoms with van der Waals surface area (Å²) < 4.78 is 21.6. The Bertz CT molecular complexity index is 235. The highest BCUT2D eigenvalue weighted by molar-refractivity contribution is 4.88. The van der Waals surface area contributed by atoms with Crippen molar-refractivity contribution in [1.29, 1.82) is 0 Å².